The number of nitrogens with zero attached hydrogens (tertiary/aromatic N) is 4. The number of ether oxygens (including phenoxy) is 1. The van der Waals surface area contributed by atoms with Crippen LogP contribution in [0, 0.1) is 0 Å². The van der Waals surface area contributed by atoms with Crippen molar-refractivity contribution in [2.45, 2.75) is 25.9 Å². The van der Waals surface area contributed by atoms with E-state index in [-0.39, 0.29) is 0 Å². The van der Waals surface area contributed by atoms with Crippen LogP contribution in [0.4, 0.5) is 0 Å². The fourth-order valence-corrected chi connectivity index (χ4v) is 2.90. The van der Waals surface area contributed by atoms with Crippen molar-refractivity contribution < 1.29 is 4.74 Å². The summed E-state index contributed by atoms with van der Waals surface area (Å²) in [6, 6.07) is 11.6. The summed E-state index contributed by atoms with van der Waals surface area (Å²) in [7, 11) is 0. The molecule has 0 unspecified atom stereocenters. The standard InChI is InChI=1S/C18H16N4O/c1-2-9-19-13(5-1)12-23-18-11-15(17-8-4-10-20-22-17)14-6-3-7-16(14)21-18/h1-2,4-5,8-11H,3,6-7,12H2. The third kappa shape index (κ3) is 2.90. The Bertz CT molecular complexity index is 806. The van der Waals surface area contributed by atoms with Crippen molar-refractivity contribution in [2.75, 3.05) is 0 Å². The number of fused-ring (bicyclic) bond motifs is 1. The van der Waals surface area contributed by atoms with Crippen LogP contribution in [0.1, 0.15) is 23.4 Å². The van der Waals surface area contributed by atoms with Gasteiger partial charge in [-0.25, -0.2) is 4.98 Å². The zero-order chi connectivity index (χ0) is 15.5. The molecule has 1 aliphatic carbocycles. The molecule has 0 aromatic carbocycles. The molecule has 0 N–H and O–H groups in total. The van der Waals surface area contributed by atoms with Gasteiger partial charge < -0.3 is 4.74 Å². The molecule has 5 nitrogen and oxygen atoms in total. The van der Waals surface area contributed by atoms with Gasteiger partial charge in [-0.3, -0.25) is 4.98 Å². The SMILES string of the molecule is c1ccc(COc2cc(-c3cccnn3)c3c(n2)CCC3)nc1. The lowest BCUT2D eigenvalue weighted by atomic mass is 10.0. The molecule has 0 amide bonds. The highest BCUT2D eigenvalue weighted by Crippen LogP contribution is 2.33. The van der Waals surface area contributed by atoms with E-state index in [0.717, 1.165) is 41.9 Å². The first kappa shape index (κ1) is 13.8. The molecule has 0 saturated heterocycles. The highest BCUT2D eigenvalue weighted by Gasteiger charge is 2.20. The van der Waals surface area contributed by atoms with E-state index in [9.17, 15) is 0 Å². The van der Waals surface area contributed by atoms with Gasteiger partial charge in [0.2, 0.25) is 5.88 Å². The second-order valence-corrected chi connectivity index (χ2v) is 5.51. The van der Waals surface area contributed by atoms with E-state index in [1.807, 2.05) is 36.4 Å². The van der Waals surface area contributed by atoms with E-state index in [2.05, 4.69) is 20.2 Å². The lowest BCUT2D eigenvalue weighted by Crippen LogP contribution is -2.02. The smallest absolute Gasteiger partial charge is 0.214 e. The minimum Gasteiger partial charge on any atom is -0.471 e. The van der Waals surface area contributed by atoms with E-state index in [0.29, 0.717) is 12.5 Å². The largest absolute Gasteiger partial charge is 0.471 e. The van der Waals surface area contributed by atoms with Crippen LogP contribution in [0.3, 0.4) is 0 Å². The predicted molar refractivity (Wildman–Crippen MR) is 85.9 cm³/mol. The predicted octanol–water partition coefficient (Wildman–Crippen LogP) is 3.00. The van der Waals surface area contributed by atoms with Crippen LogP contribution in [0.2, 0.25) is 0 Å². The molecule has 5 heteroatoms. The summed E-state index contributed by atoms with van der Waals surface area (Å²) in [6.07, 6.45) is 6.60. The summed E-state index contributed by atoms with van der Waals surface area (Å²) >= 11 is 0. The molecular formula is C18H16N4O. The Balaban J connectivity index is 1.66. The third-order valence-corrected chi connectivity index (χ3v) is 3.97. The maximum Gasteiger partial charge on any atom is 0.214 e. The molecule has 3 heterocycles. The van der Waals surface area contributed by atoms with Crippen LogP contribution >= 0.6 is 0 Å². The summed E-state index contributed by atoms with van der Waals surface area (Å²) in [5.41, 5.74) is 5.23. The van der Waals surface area contributed by atoms with Gasteiger partial charge in [0.1, 0.15) is 6.61 Å². The van der Waals surface area contributed by atoms with Gasteiger partial charge in [0, 0.05) is 29.7 Å². The molecular weight excluding hydrogens is 288 g/mol. The van der Waals surface area contributed by atoms with Gasteiger partial charge in [-0.1, -0.05) is 6.07 Å². The van der Waals surface area contributed by atoms with E-state index in [4.69, 9.17) is 4.74 Å². The number of rotatable bonds is 4. The van der Waals surface area contributed by atoms with Gasteiger partial charge in [0.15, 0.2) is 0 Å². The Morgan fingerprint density at radius 3 is 2.87 bits per heavy atom. The Morgan fingerprint density at radius 2 is 2.04 bits per heavy atom. The molecule has 114 valence electrons. The van der Waals surface area contributed by atoms with Crippen LogP contribution in [-0.2, 0) is 19.4 Å². The Morgan fingerprint density at radius 1 is 1.04 bits per heavy atom. The van der Waals surface area contributed by atoms with Crippen molar-refractivity contribution in [1.29, 1.82) is 0 Å². The normalized spacial score (nSPS) is 12.9. The lowest BCUT2D eigenvalue weighted by molar-refractivity contribution is 0.288. The number of pyridine rings is 2. The first-order chi connectivity index (χ1) is 11.4. The van der Waals surface area contributed by atoms with E-state index in [1.165, 1.54) is 5.56 Å². The molecule has 1 aliphatic rings. The van der Waals surface area contributed by atoms with Gasteiger partial charge in [-0.2, -0.15) is 10.2 Å². The third-order valence-electron chi connectivity index (χ3n) is 3.97. The second kappa shape index (κ2) is 6.12. The van der Waals surface area contributed by atoms with E-state index in [1.54, 1.807) is 12.4 Å². The number of hydrogen-bond acceptors (Lipinski definition) is 5. The first-order valence-corrected chi connectivity index (χ1v) is 7.74. The average molecular weight is 304 g/mol. The van der Waals surface area contributed by atoms with Crippen molar-refractivity contribution in [2.24, 2.45) is 0 Å². The quantitative estimate of drug-likeness (QED) is 0.741. The van der Waals surface area contributed by atoms with Crippen molar-refractivity contribution >= 4 is 0 Å². The van der Waals surface area contributed by atoms with Crippen molar-refractivity contribution in [3.05, 3.63) is 65.7 Å². The summed E-state index contributed by atoms with van der Waals surface area (Å²) < 4.78 is 5.86. The van der Waals surface area contributed by atoms with Gasteiger partial charge in [0.25, 0.3) is 0 Å². The molecule has 0 fully saturated rings. The molecule has 0 radical (unpaired) electrons. The topological polar surface area (TPSA) is 60.8 Å². The van der Waals surface area contributed by atoms with Crippen molar-refractivity contribution in [3.8, 4) is 17.1 Å². The molecule has 0 aliphatic heterocycles. The summed E-state index contributed by atoms with van der Waals surface area (Å²) in [5, 5.41) is 8.23. The fourth-order valence-electron chi connectivity index (χ4n) is 2.90. The lowest BCUT2D eigenvalue weighted by Gasteiger charge is -2.11. The molecule has 23 heavy (non-hydrogen) atoms. The highest BCUT2D eigenvalue weighted by atomic mass is 16.5. The van der Waals surface area contributed by atoms with Crippen LogP contribution < -0.4 is 4.74 Å². The maximum absolute atomic E-state index is 5.86. The van der Waals surface area contributed by atoms with Crippen molar-refractivity contribution in [1.82, 2.24) is 20.2 Å². The van der Waals surface area contributed by atoms with Crippen LogP contribution in [0.15, 0.2) is 48.8 Å². The van der Waals surface area contributed by atoms with Crippen molar-refractivity contribution in [3.63, 3.8) is 0 Å². The van der Waals surface area contributed by atoms with E-state index >= 15 is 0 Å². The Kier molecular flexibility index (Phi) is 3.68. The fraction of sp³-hybridized carbons (Fsp3) is 0.222. The number of aryl methyl sites for hydroxylation is 1. The Labute approximate surface area is 134 Å². The van der Waals surface area contributed by atoms with Gasteiger partial charge >= 0.3 is 0 Å². The number of aromatic nitrogens is 4. The van der Waals surface area contributed by atoms with Gasteiger partial charge in [0.05, 0.1) is 11.4 Å². The molecule has 4 rings (SSSR count). The second-order valence-electron chi connectivity index (χ2n) is 5.51. The van der Waals surface area contributed by atoms with Gasteiger partial charge in [-0.05, 0) is 49.1 Å². The molecule has 3 aromatic heterocycles. The first-order valence-electron chi connectivity index (χ1n) is 7.74. The average Bonchev–Trinajstić information content (AvgIpc) is 3.09. The highest BCUT2D eigenvalue weighted by molar-refractivity contribution is 5.66. The zero-order valence-electron chi connectivity index (χ0n) is 12.6. The minimum absolute atomic E-state index is 0.409. The zero-order valence-corrected chi connectivity index (χ0v) is 12.6. The maximum atomic E-state index is 5.86. The van der Waals surface area contributed by atoms with Gasteiger partial charge in [-0.15, -0.1) is 0 Å². The minimum atomic E-state index is 0.409. The molecule has 3 aromatic rings. The van der Waals surface area contributed by atoms with Crippen LogP contribution in [0.5, 0.6) is 5.88 Å². The summed E-state index contributed by atoms with van der Waals surface area (Å²) in [5.74, 6) is 0.622. The van der Waals surface area contributed by atoms with Crippen LogP contribution in [-0.4, -0.2) is 20.2 Å². The Hall–Kier alpha value is -2.82. The van der Waals surface area contributed by atoms with Crippen LogP contribution in [0.25, 0.3) is 11.3 Å². The molecule has 0 saturated carbocycles. The molecule has 0 bridgehead atoms. The number of hydrogen-bond donors (Lipinski definition) is 0. The summed E-state index contributed by atoms with van der Waals surface area (Å²) in [4.78, 5) is 8.93. The monoisotopic (exact) mass is 304 g/mol. The van der Waals surface area contributed by atoms with E-state index < -0.39 is 0 Å². The molecule has 0 atom stereocenters. The summed E-state index contributed by atoms with van der Waals surface area (Å²) in [6.45, 7) is 0.409. The molecule has 0 spiro atoms.